The standard InChI is InChI=1S/C18H24N4O5/c1-22(14-5-6-15(24)21-17(14)25)18(26)16-12(11-23)3-2-4-13(16)20-8-10-27-9-7-19/h2-4,11,14,20H,5-10,19H2,1H3,(H,21,24,25). The molecule has 0 spiro atoms. The molecule has 2 rings (SSSR count). The summed E-state index contributed by atoms with van der Waals surface area (Å²) in [6.45, 7) is 1.66. The summed E-state index contributed by atoms with van der Waals surface area (Å²) in [6, 6.07) is 4.11. The van der Waals surface area contributed by atoms with Crippen LogP contribution < -0.4 is 16.4 Å². The highest BCUT2D eigenvalue weighted by molar-refractivity contribution is 6.08. The van der Waals surface area contributed by atoms with E-state index in [0.29, 0.717) is 38.3 Å². The van der Waals surface area contributed by atoms with E-state index in [1.807, 2.05) is 0 Å². The molecular formula is C18H24N4O5. The summed E-state index contributed by atoms with van der Waals surface area (Å²) in [5.41, 5.74) is 6.23. The molecule has 0 saturated carbocycles. The molecule has 1 atom stereocenters. The van der Waals surface area contributed by atoms with Crippen molar-refractivity contribution >= 4 is 29.7 Å². The zero-order chi connectivity index (χ0) is 19.8. The van der Waals surface area contributed by atoms with Gasteiger partial charge in [-0.15, -0.1) is 0 Å². The summed E-state index contributed by atoms with van der Waals surface area (Å²) in [6.07, 6.45) is 1.00. The number of nitrogens with two attached hydrogens (primary N) is 1. The van der Waals surface area contributed by atoms with Crippen molar-refractivity contribution in [2.75, 3.05) is 38.7 Å². The number of aldehydes is 1. The highest BCUT2D eigenvalue weighted by atomic mass is 16.5. The Morgan fingerprint density at radius 1 is 1.41 bits per heavy atom. The average molecular weight is 376 g/mol. The number of piperidine rings is 1. The number of rotatable bonds is 9. The van der Waals surface area contributed by atoms with Crippen LogP contribution in [0.15, 0.2) is 18.2 Å². The van der Waals surface area contributed by atoms with Crippen molar-refractivity contribution in [1.29, 1.82) is 0 Å². The van der Waals surface area contributed by atoms with Gasteiger partial charge in [-0.05, 0) is 12.5 Å². The Labute approximate surface area is 157 Å². The second kappa shape index (κ2) is 9.79. The first-order valence-electron chi connectivity index (χ1n) is 8.70. The van der Waals surface area contributed by atoms with Gasteiger partial charge in [0.1, 0.15) is 6.04 Å². The van der Waals surface area contributed by atoms with E-state index in [1.165, 1.54) is 18.0 Å². The monoisotopic (exact) mass is 376 g/mol. The smallest absolute Gasteiger partial charge is 0.257 e. The molecule has 1 saturated heterocycles. The number of carbonyl (C=O) groups is 4. The first kappa shape index (κ1) is 20.5. The highest BCUT2D eigenvalue weighted by Crippen LogP contribution is 2.23. The van der Waals surface area contributed by atoms with Gasteiger partial charge in [-0.3, -0.25) is 24.5 Å². The lowest BCUT2D eigenvalue weighted by atomic mass is 10.0. The van der Waals surface area contributed by atoms with Crippen LogP contribution in [0.2, 0.25) is 0 Å². The van der Waals surface area contributed by atoms with E-state index < -0.39 is 17.9 Å². The van der Waals surface area contributed by atoms with Crippen molar-refractivity contribution in [3.63, 3.8) is 0 Å². The van der Waals surface area contributed by atoms with E-state index in [-0.39, 0.29) is 29.9 Å². The van der Waals surface area contributed by atoms with Crippen molar-refractivity contribution in [2.45, 2.75) is 18.9 Å². The van der Waals surface area contributed by atoms with E-state index in [1.54, 1.807) is 12.1 Å². The van der Waals surface area contributed by atoms with Crippen molar-refractivity contribution < 1.29 is 23.9 Å². The maximum absolute atomic E-state index is 13.0. The summed E-state index contributed by atoms with van der Waals surface area (Å²) < 4.78 is 5.29. The maximum atomic E-state index is 13.0. The number of likely N-dealkylation sites (N-methyl/N-ethyl adjacent to an activating group) is 1. The molecule has 1 fully saturated rings. The number of ether oxygens (including phenoxy) is 1. The molecule has 27 heavy (non-hydrogen) atoms. The normalized spacial score (nSPS) is 16.6. The van der Waals surface area contributed by atoms with Crippen LogP contribution in [-0.4, -0.2) is 68.3 Å². The van der Waals surface area contributed by atoms with Gasteiger partial charge < -0.3 is 20.7 Å². The number of nitrogens with zero attached hydrogens (tertiary/aromatic N) is 1. The largest absolute Gasteiger partial charge is 0.382 e. The molecule has 1 aromatic rings. The SMILES string of the molecule is CN(C(=O)c1c(C=O)cccc1NCCOCCN)C1CCC(=O)NC1=O. The number of amides is 3. The lowest BCUT2D eigenvalue weighted by molar-refractivity contribution is -0.136. The number of hydrogen-bond donors (Lipinski definition) is 3. The molecule has 146 valence electrons. The van der Waals surface area contributed by atoms with E-state index in [0.717, 1.165) is 0 Å². The third-order valence-corrected chi connectivity index (χ3v) is 4.26. The van der Waals surface area contributed by atoms with Crippen LogP contribution in [0.1, 0.15) is 33.6 Å². The summed E-state index contributed by atoms with van der Waals surface area (Å²) >= 11 is 0. The van der Waals surface area contributed by atoms with Crippen LogP contribution in [0.25, 0.3) is 0 Å². The predicted octanol–water partition coefficient (Wildman–Crippen LogP) is -0.236. The van der Waals surface area contributed by atoms with Gasteiger partial charge in [-0.25, -0.2) is 0 Å². The second-order valence-corrected chi connectivity index (χ2v) is 6.10. The molecule has 0 bridgehead atoms. The Bertz CT molecular complexity index is 722. The fourth-order valence-electron chi connectivity index (χ4n) is 2.87. The third-order valence-electron chi connectivity index (χ3n) is 4.26. The minimum Gasteiger partial charge on any atom is -0.382 e. The minimum atomic E-state index is -0.768. The number of hydrogen-bond acceptors (Lipinski definition) is 7. The number of anilines is 1. The van der Waals surface area contributed by atoms with Gasteiger partial charge in [0.05, 0.1) is 18.8 Å². The molecule has 1 heterocycles. The maximum Gasteiger partial charge on any atom is 0.257 e. The van der Waals surface area contributed by atoms with Gasteiger partial charge in [-0.2, -0.15) is 0 Å². The van der Waals surface area contributed by atoms with Gasteiger partial charge in [0.15, 0.2) is 6.29 Å². The molecule has 9 heteroatoms. The van der Waals surface area contributed by atoms with E-state index in [9.17, 15) is 19.2 Å². The zero-order valence-electron chi connectivity index (χ0n) is 15.2. The summed E-state index contributed by atoms with van der Waals surface area (Å²) in [7, 11) is 1.48. The topological polar surface area (TPSA) is 131 Å². The Morgan fingerprint density at radius 2 is 2.19 bits per heavy atom. The van der Waals surface area contributed by atoms with Crippen LogP contribution in [-0.2, 0) is 14.3 Å². The Hall–Kier alpha value is -2.78. The van der Waals surface area contributed by atoms with E-state index >= 15 is 0 Å². The first-order valence-corrected chi connectivity index (χ1v) is 8.70. The van der Waals surface area contributed by atoms with Gasteiger partial charge in [0.25, 0.3) is 5.91 Å². The highest BCUT2D eigenvalue weighted by Gasteiger charge is 2.33. The number of nitrogens with one attached hydrogen (secondary N) is 2. The number of imide groups is 1. The Morgan fingerprint density at radius 3 is 2.85 bits per heavy atom. The van der Waals surface area contributed by atoms with Crippen LogP contribution in [0, 0.1) is 0 Å². The number of benzene rings is 1. The summed E-state index contributed by atoms with van der Waals surface area (Å²) in [5, 5.41) is 5.31. The lowest BCUT2D eigenvalue weighted by Gasteiger charge is -2.30. The van der Waals surface area contributed by atoms with Gasteiger partial charge in [-0.1, -0.05) is 12.1 Å². The van der Waals surface area contributed by atoms with Crippen LogP contribution in [0.4, 0.5) is 5.69 Å². The second-order valence-electron chi connectivity index (χ2n) is 6.10. The Balaban J connectivity index is 2.18. The Kier molecular flexibility index (Phi) is 7.44. The number of carbonyl (C=O) groups excluding carboxylic acids is 4. The molecule has 1 unspecified atom stereocenters. The molecule has 0 radical (unpaired) electrons. The van der Waals surface area contributed by atoms with Crippen LogP contribution in [0.3, 0.4) is 0 Å². The molecule has 3 amide bonds. The van der Waals surface area contributed by atoms with Crippen molar-refractivity contribution in [1.82, 2.24) is 10.2 Å². The molecule has 1 aliphatic rings. The fourth-order valence-corrected chi connectivity index (χ4v) is 2.87. The van der Waals surface area contributed by atoms with Crippen molar-refractivity contribution in [2.24, 2.45) is 5.73 Å². The van der Waals surface area contributed by atoms with E-state index in [4.69, 9.17) is 10.5 Å². The summed E-state index contributed by atoms with van der Waals surface area (Å²) in [5.74, 6) is -1.35. The quantitative estimate of drug-likeness (QED) is 0.308. The van der Waals surface area contributed by atoms with Crippen molar-refractivity contribution in [3.8, 4) is 0 Å². The molecule has 0 aliphatic carbocycles. The lowest BCUT2D eigenvalue weighted by Crippen LogP contribution is -2.53. The van der Waals surface area contributed by atoms with E-state index in [2.05, 4.69) is 10.6 Å². The molecule has 9 nitrogen and oxygen atoms in total. The molecule has 0 aromatic heterocycles. The zero-order valence-corrected chi connectivity index (χ0v) is 15.2. The fraction of sp³-hybridized carbons (Fsp3) is 0.444. The van der Waals surface area contributed by atoms with Crippen LogP contribution in [0.5, 0.6) is 0 Å². The van der Waals surface area contributed by atoms with Crippen LogP contribution >= 0.6 is 0 Å². The minimum absolute atomic E-state index is 0.160. The van der Waals surface area contributed by atoms with Gasteiger partial charge in [0, 0.05) is 37.8 Å². The average Bonchev–Trinajstić information content (AvgIpc) is 2.66. The molecule has 1 aliphatic heterocycles. The molecular weight excluding hydrogens is 352 g/mol. The molecule has 4 N–H and O–H groups in total. The van der Waals surface area contributed by atoms with Crippen molar-refractivity contribution in [3.05, 3.63) is 29.3 Å². The predicted molar refractivity (Wildman–Crippen MR) is 98.5 cm³/mol. The molecule has 1 aromatic carbocycles. The first-order chi connectivity index (χ1) is 13.0. The van der Waals surface area contributed by atoms with Gasteiger partial charge >= 0.3 is 0 Å². The third kappa shape index (κ3) is 5.11. The summed E-state index contributed by atoms with van der Waals surface area (Å²) in [4.78, 5) is 49.1. The van der Waals surface area contributed by atoms with Gasteiger partial charge in [0.2, 0.25) is 11.8 Å².